The number of anilines is 3. The fourth-order valence-corrected chi connectivity index (χ4v) is 2.60. The van der Waals surface area contributed by atoms with Gasteiger partial charge in [-0.25, -0.2) is 0 Å². The molecule has 8 nitrogen and oxygen atoms in total. The molecule has 3 aromatic rings. The lowest BCUT2D eigenvalue weighted by Crippen LogP contribution is -2.10. The Kier molecular flexibility index (Phi) is 4.89. The predicted molar refractivity (Wildman–Crippen MR) is 99.8 cm³/mol. The van der Waals surface area contributed by atoms with E-state index in [-0.39, 0.29) is 11.4 Å². The molecule has 0 aliphatic heterocycles. The first kappa shape index (κ1) is 17.7. The van der Waals surface area contributed by atoms with E-state index >= 15 is 0 Å². The molecule has 0 fully saturated rings. The van der Waals surface area contributed by atoms with Crippen molar-refractivity contribution >= 4 is 34.7 Å². The van der Waals surface area contributed by atoms with Crippen LogP contribution in [0.15, 0.2) is 72.8 Å². The van der Waals surface area contributed by atoms with Gasteiger partial charge in [-0.3, -0.25) is 25.0 Å². The van der Waals surface area contributed by atoms with Gasteiger partial charge in [0.2, 0.25) is 0 Å². The second-order valence-corrected chi connectivity index (χ2v) is 5.59. The largest absolute Gasteiger partial charge is 0.310 e. The van der Waals surface area contributed by atoms with Crippen LogP contribution in [-0.2, 0) is 0 Å². The van der Waals surface area contributed by atoms with E-state index in [4.69, 9.17) is 0 Å². The van der Waals surface area contributed by atoms with Gasteiger partial charge in [0, 0.05) is 46.9 Å². The minimum Gasteiger partial charge on any atom is -0.310 e. The van der Waals surface area contributed by atoms with Gasteiger partial charge in [-0.2, -0.15) is 0 Å². The molecule has 0 amide bonds. The lowest BCUT2D eigenvalue weighted by atomic mass is 10.1. The molecule has 0 atom stereocenters. The van der Waals surface area contributed by atoms with Gasteiger partial charge in [-0.1, -0.05) is 0 Å². The van der Waals surface area contributed by atoms with Crippen LogP contribution in [0.3, 0.4) is 0 Å². The Hall–Kier alpha value is -4.07. The van der Waals surface area contributed by atoms with Crippen molar-refractivity contribution in [3.05, 3.63) is 98.6 Å². The first-order valence-electron chi connectivity index (χ1n) is 7.84. The van der Waals surface area contributed by atoms with E-state index in [1.54, 1.807) is 53.4 Å². The SMILES string of the molecule is O=Cc1ccc(N(c2ccc([N+](=O)[O-])cc2)c2ccc([N+](=O)[O-])cc2)cc1. The Balaban J connectivity index is 2.08. The zero-order chi connectivity index (χ0) is 19.4. The average molecular weight is 363 g/mol. The van der Waals surface area contributed by atoms with E-state index in [0.717, 1.165) is 6.29 Å². The zero-order valence-corrected chi connectivity index (χ0v) is 13.9. The second kappa shape index (κ2) is 7.44. The van der Waals surface area contributed by atoms with Gasteiger partial charge in [0.1, 0.15) is 6.29 Å². The van der Waals surface area contributed by atoms with Gasteiger partial charge in [-0.15, -0.1) is 0 Å². The minimum atomic E-state index is -0.487. The third-order valence-electron chi connectivity index (χ3n) is 3.92. The number of carbonyl (C=O) groups is 1. The number of non-ortho nitro benzene ring substituents is 2. The van der Waals surface area contributed by atoms with Crippen LogP contribution in [0, 0.1) is 20.2 Å². The molecule has 0 saturated carbocycles. The molecule has 0 aliphatic rings. The summed E-state index contributed by atoms with van der Waals surface area (Å²) < 4.78 is 0. The van der Waals surface area contributed by atoms with Gasteiger partial charge in [-0.05, 0) is 48.5 Å². The summed E-state index contributed by atoms with van der Waals surface area (Å²) in [5.74, 6) is 0. The third kappa shape index (κ3) is 3.79. The molecule has 3 aromatic carbocycles. The summed E-state index contributed by atoms with van der Waals surface area (Å²) in [5, 5.41) is 21.8. The van der Waals surface area contributed by atoms with Crippen LogP contribution < -0.4 is 4.90 Å². The number of benzene rings is 3. The molecule has 0 heterocycles. The Morgan fingerprint density at radius 2 is 0.963 bits per heavy atom. The van der Waals surface area contributed by atoms with E-state index in [0.29, 0.717) is 22.6 Å². The normalized spacial score (nSPS) is 10.2. The molecule has 0 spiro atoms. The molecule has 0 radical (unpaired) electrons. The number of nitro groups is 2. The number of hydrogen-bond donors (Lipinski definition) is 0. The summed E-state index contributed by atoms with van der Waals surface area (Å²) in [5.41, 5.74) is 2.38. The molecule has 0 saturated heterocycles. The highest BCUT2D eigenvalue weighted by atomic mass is 16.6. The molecule has 3 rings (SSSR count). The Morgan fingerprint density at radius 1 is 0.630 bits per heavy atom. The summed E-state index contributed by atoms with van der Waals surface area (Å²) in [6.07, 6.45) is 0.728. The zero-order valence-electron chi connectivity index (χ0n) is 13.9. The molecule has 0 N–H and O–H groups in total. The van der Waals surface area contributed by atoms with Crippen molar-refractivity contribution < 1.29 is 14.6 Å². The van der Waals surface area contributed by atoms with Crippen molar-refractivity contribution in [2.75, 3.05) is 4.90 Å². The molecular formula is C19H13N3O5. The summed E-state index contributed by atoms with van der Waals surface area (Å²) in [6.45, 7) is 0. The standard InChI is InChI=1S/C19H13N3O5/c23-13-14-1-3-15(4-2-14)20(16-5-9-18(10-6-16)21(24)25)17-7-11-19(12-8-17)22(26)27/h1-13H. The first-order valence-corrected chi connectivity index (χ1v) is 7.84. The van der Waals surface area contributed by atoms with Crippen molar-refractivity contribution in [1.29, 1.82) is 0 Å². The van der Waals surface area contributed by atoms with Crippen molar-refractivity contribution in [2.45, 2.75) is 0 Å². The van der Waals surface area contributed by atoms with Crippen LogP contribution in [0.25, 0.3) is 0 Å². The summed E-state index contributed by atoms with van der Waals surface area (Å²) in [6, 6.07) is 18.6. The quantitative estimate of drug-likeness (QED) is 0.354. The number of nitro benzene ring substituents is 2. The molecule has 0 aliphatic carbocycles. The number of aldehydes is 1. The monoisotopic (exact) mass is 363 g/mol. The molecule has 27 heavy (non-hydrogen) atoms. The summed E-state index contributed by atoms with van der Waals surface area (Å²) in [4.78, 5) is 33.5. The van der Waals surface area contributed by atoms with Gasteiger partial charge in [0.15, 0.2) is 0 Å². The highest BCUT2D eigenvalue weighted by molar-refractivity contribution is 5.80. The van der Waals surface area contributed by atoms with Crippen LogP contribution in [0.1, 0.15) is 10.4 Å². The number of carbonyl (C=O) groups excluding carboxylic acids is 1. The number of nitrogens with zero attached hydrogens (tertiary/aromatic N) is 3. The van der Waals surface area contributed by atoms with Crippen LogP contribution >= 0.6 is 0 Å². The maximum atomic E-state index is 10.9. The van der Waals surface area contributed by atoms with Gasteiger partial charge in [0.25, 0.3) is 11.4 Å². The second-order valence-electron chi connectivity index (χ2n) is 5.59. The average Bonchev–Trinajstić information content (AvgIpc) is 2.69. The van der Waals surface area contributed by atoms with Crippen molar-refractivity contribution in [3.8, 4) is 0 Å². The van der Waals surface area contributed by atoms with Gasteiger partial charge < -0.3 is 4.90 Å². The molecule has 0 aromatic heterocycles. The lowest BCUT2D eigenvalue weighted by molar-refractivity contribution is -0.385. The first-order chi connectivity index (χ1) is 13.0. The van der Waals surface area contributed by atoms with Crippen molar-refractivity contribution in [3.63, 3.8) is 0 Å². The summed E-state index contributed by atoms with van der Waals surface area (Å²) >= 11 is 0. The van der Waals surface area contributed by atoms with E-state index in [9.17, 15) is 25.0 Å². The molecule has 134 valence electrons. The Bertz CT molecular complexity index is 926. The highest BCUT2D eigenvalue weighted by Gasteiger charge is 2.15. The van der Waals surface area contributed by atoms with Crippen LogP contribution in [0.4, 0.5) is 28.4 Å². The third-order valence-corrected chi connectivity index (χ3v) is 3.92. The van der Waals surface area contributed by atoms with E-state index in [1.165, 1.54) is 24.3 Å². The van der Waals surface area contributed by atoms with Crippen LogP contribution in [-0.4, -0.2) is 16.1 Å². The Labute approximate surface area is 153 Å². The Morgan fingerprint density at radius 3 is 1.26 bits per heavy atom. The van der Waals surface area contributed by atoms with E-state index < -0.39 is 9.85 Å². The molecular weight excluding hydrogens is 350 g/mol. The smallest absolute Gasteiger partial charge is 0.269 e. The van der Waals surface area contributed by atoms with Crippen molar-refractivity contribution in [2.24, 2.45) is 0 Å². The fraction of sp³-hybridized carbons (Fsp3) is 0. The van der Waals surface area contributed by atoms with Gasteiger partial charge >= 0.3 is 0 Å². The highest BCUT2D eigenvalue weighted by Crippen LogP contribution is 2.35. The van der Waals surface area contributed by atoms with E-state index in [2.05, 4.69) is 0 Å². The van der Waals surface area contributed by atoms with Gasteiger partial charge in [0.05, 0.1) is 9.85 Å². The molecule has 0 unspecified atom stereocenters. The van der Waals surface area contributed by atoms with E-state index in [1.807, 2.05) is 0 Å². The minimum absolute atomic E-state index is 0.0429. The topological polar surface area (TPSA) is 107 Å². The van der Waals surface area contributed by atoms with Crippen LogP contribution in [0.2, 0.25) is 0 Å². The molecule has 8 heteroatoms. The van der Waals surface area contributed by atoms with Crippen LogP contribution in [0.5, 0.6) is 0 Å². The maximum Gasteiger partial charge on any atom is 0.269 e. The maximum absolute atomic E-state index is 10.9. The lowest BCUT2D eigenvalue weighted by Gasteiger charge is -2.25. The number of rotatable bonds is 6. The van der Waals surface area contributed by atoms with Crippen molar-refractivity contribution in [1.82, 2.24) is 0 Å². The predicted octanol–water partition coefficient (Wildman–Crippen LogP) is 4.79. The number of hydrogen-bond acceptors (Lipinski definition) is 6. The fourth-order valence-electron chi connectivity index (χ4n) is 2.60. The molecule has 0 bridgehead atoms. The summed E-state index contributed by atoms with van der Waals surface area (Å²) in [7, 11) is 0.